The first-order chi connectivity index (χ1) is 12.7. The van der Waals surface area contributed by atoms with Gasteiger partial charge < -0.3 is 4.90 Å². The molecular formula is C21H17ClN4. The highest BCUT2D eigenvalue weighted by molar-refractivity contribution is 6.32. The number of para-hydroxylation sites is 3. The van der Waals surface area contributed by atoms with Crippen molar-refractivity contribution in [3.8, 4) is 0 Å². The predicted octanol–water partition coefficient (Wildman–Crippen LogP) is 5.58. The zero-order chi connectivity index (χ0) is 17.9. The van der Waals surface area contributed by atoms with Crippen LogP contribution < -0.4 is 4.90 Å². The Kier molecular flexibility index (Phi) is 4.50. The molecule has 4 aromatic rings. The fourth-order valence-electron chi connectivity index (χ4n) is 3.01. The molecule has 1 unspecified atom stereocenters. The Morgan fingerprint density at radius 3 is 2.23 bits per heavy atom. The summed E-state index contributed by atoms with van der Waals surface area (Å²) in [6, 6.07) is 21.8. The Labute approximate surface area is 157 Å². The van der Waals surface area contributed by atoms with E-state index in [2.05, 4.69) is 27.9 Å². The van der Waals surface area contributed by atoms with Crippen molar-refractivity contribution in [2.24, 2.45) is 0 Å². The third kappa shape index (κ3) is 3.11. The van der Waals surface area contributed by atoms with Crippen molar-refractivity contribution in [1.82, 2.24) is 15.0 Å². The van der Waals surface area contributed by atoms with Gasteiger partial charge in [-0.3, -0.25) is 4.98 Å². The van der Waals surface area contributed by atoms with Gasteiger partial charge in [-0.05, 0) is 42.8 Å². The maximum Gasteiger partial charge on any atom is 0.172 e. The fourth-order valence-corrected chi connectivity index (χ4v) is 3.24. The van der Waals surface area contributed by atoms with Crippen LogP contribution in [0.15, 0.2) is 79.1 Å². The molecular weight excluding hydrogens is 344 g/mol. The summed E-state index contributed by atoms with van der Waals surface area (Å²) in [5.74, 6) is 0.632. The summed E-state index contributed by atoms with van der Waals surface area (Å²) in [4.78, 5) is 15.7. The van der Waals surface area contributed by atoms with Crippen molar-refractivity contribution in [2.75, 3.05) is 4.90 Å². The molecule has 0 radical (unpaired) electrons. The van der Waals surface area contributed by atoms with Crippen molar-refractivity contribution < 1.29 is 0 Å². The lowest BCUT2D eigenvalue weighted by Crippen LogP contribution is -2.23. The van der Waals surface area contributed by atoms with Crippen molar-refractivity contribution >= 4 is 34.1 Å². The molecule has 2 aromatic heterocycles. The van der Waals surface area contributed by atoms with E-state index in [-0.39, 0.29) is 6.04 Å². The molecule has 0 saturated heterocycles. The highest BCUT2D eigenvalue weighted by Crippen LogP contribution is 2.37. The molecule has 4 rings (SSSR count). The Hall–Kier alpha value is -2.98. The minimum atomic E-state index is -0.0148. The van der Waals surface area contributed by atoms with E-state index < -0.39 is 0 Å². The molecule has 0 aliphatic heterocycles. The van der Waals surface area contributed by atoms with Gasteiger partial charge in [0.2, 0.25) is 0 Å². The first-order valence-electron chi connectivity index (χ1n) is 8.40. The second kappa shape index (κ2) is 7.10. The van der Waals surface area contributed by atoms with Crippen molar-refractivity contribution in [3.05, 3.63) is 89.8 Å². The van der Waals surface area contributed by atoms with Crippen LogP contribution in [0.1, 0.15) is 18.5 Å². The maximum absolute atomic E-state index is 6.55. The van der Waals surface area contributed by atoms with Gasteiger partial charge in [-0.15, -0.1) is 0 Å². The minimum Gasteiger partial charge on any atom is -0.317 e. The van der Waals surface area contributed by atoms with Crippen molar-refractivity contribution in [2.45, 2.75) is 13.0 Å². The highest BCUT2D eigenvalue weighted by atomic mass is 35.5. The van der Waals surface area contributed by atoms with Gasteiger partial charge in [0.25, 0.3) is 0 Å². The van der Waals surface area contributed by atoms with Crippen molar-refractivity contribution in [1.29, 1.82) is 0 Å². The molecule has 0 N–H and O–H groups in total. The van der Waals surface area contributed by atoms with Crippen LogP contribution in [0, 0.1) is 0 Å². The summed E-state index contributed by atoms with van der Waals surface area (Å²) in [5.41, 5.74) is 3.66. The summed E-state index contributed by atoms with van der Waals surface area (Å²) in [6.45, 7) is 2.11. The van der Waals surface area contributed by atoms with Gasteiger partial charge >= 0.3 is 0 Å². The van der Waals surface area contributed by atoms with Crippen molar-refractivity contribution in [3.63, 3.8) is 0 Å². The zero-order valence-electron chi connectivity index (χ0n) is 14.2. The SMILES string of the molecule is CC(c1cccnc1)N(c1ccccc1)c1nc2ccccc2nc1Cl. The van der Waals surface area contributed by atoms with E-state index in [1.807, 2.05) is 66.9 Å². The van der Waals surface area contributed by atoms with Gasteiger partial charge in [0.1, 0.15) is 0 Å². The topological polar surface area (TPSA) is 41.9 Å². The quantitative estimate of drug-likeness (QED) is 0.476. The number of nitrogens with zero attached hydrogens (tertiary/aromatic N) is 4. The lowest BCUT2D eigenvalue weighted by molar-refractivity contribution is 0.758. The standard InChI is InChI=1S/C21H17ClN4/c1-15(16-8-7-13-23-14-16)26(17-9-3-2-4-10-17)21-20(22)24-18-11-5-6-12-19(18)25-21/h2-15H,1H3. The first-order valence-corrected chi connectivity index (χ1v) is 8.78. The number of hydrogen-bond acceptors (Lipinski definition) is 4. The van der Waals surface area contributed by atoms with E-state index in [0.29, 0.717) is 11.0 Å². The number of pyridine rings is 1. The molecule has 0 fully saturated rings. The minimum absolute atomic E-state index is 0.0148. The molecule has 128 valence electrons. The van der Waals surface area contributed by atoms with Gasteiger partial charge in [0, 0.05) is 18.1 Å². The fraction of sp³-hybridized carbons (Fsp3) is 0.0952. The van der Waals surface area contributed by atoms with Gasteiger partial charge in [0.15, 0.2) is 11.0 Å². The Morgan fingerprint density at radius 1 is 0.846 bits per heavy atom. The Bertz CT molecular complexity index is 1020. The molecule has 0 aliphatic rings. The van der Waals surface area contributed by atoms with Crippen LogP contribution in [-0.2, 0) is 0 Å². The van der Waals surface area contributed by atoms with E-state index in [0.717, 1.165) is 22.3 Å². The number of benzene rings is 2. The molecule has 0 saturated carbocycles. The summed E-state index contributed by atoms with van der Waals surface area (Å²) in [7, 11) is 0. The average Bonchev–Trinajstić information content (AvgIpc) is 2.70. The number of halogens is 1. The second-order valence-corrected chi connectivity index (χ2v) is 6.35. The third-order valence-corrected chi connectivity index (χ3v) is 4.58. The monoisotopic (exact) mass is 360 g/mol. The number of aromatic nitrogens is 3. The van der Waals surface area contributed by atoms with Gasteiger partial charge in [0.05, 0.1) is 17.1 Å². The lowest BCUT2D eigenvalue weighted by atomic mass is 10.1. The van der Waals surface area contributed by atoms with Gasteiger partial charge in [-0.25, -0.2) is 9.97 Å². The number of hydrogen-bond donors (Lipinski definition) is 0. The molecule has 2 heterocycles. The van der Waals surface area contributed by atoms with Crippen LogP contribution >= 0.6 is 11.6 Å². The van der Waals surface area contributed by atoms with Crippen LogP contribution in [0.25, 0.3) is 11.0 Å². The van der Waals surface area contributed by atoms with E-state index in [9.17, 15) is 0 Å². The van der Waals surface area contributed by atoms with Crippen LogP contribution in [0.2, 0.25) is 5.15 Å². The summed E-state index contributed by atoms with van der Waals surface area (Å²) in [5, 5.41) is 0.378. The summed E-state index contributed by atoms with van der Waals surface area (Å²) >= 11 is 6.55. The van der Waals surface area contributed by atoms with Crippen LogP contribution in [-0.4, -0.2) is 15.0 Å². The predicted molar refractivity (Wildman–Crippen MR) is 106 cm³/mol. The maximum atomic E-state index is 6.55. The third-order valence-electron chi connectivity index (χ3n) is 4.33. The molecule has 5 heteroatoms. The average molecular weight is 361 g/mol. The van der Waals surface area contributed by atoms with Crippen LogP contribution in [0.3, 0.4) is 0 Å². The van der Waals surface area contributed by atoms with E-state index in [4.69, 9.17) is 16.6 Å². The number of fused-ring (bicyclic) bond motifs is 1. The normalized spacial score (nSPS) is 12.1. The number of rotatable bonds is 4. The summed E-state index contributed by atoms with van der Waals surface area (Å²) < 4.78 is 0. The van der Waals surface area contributed by atoms with Gasteiger partial charge in [-0.2, -0.15) is 0 Å². The van der Waals surface area contributed by atoms with E-state index in [1.165, 1.54) is 0 Å². The Balaban J connectivity index is 1.90. The zero-order valence-corrected chi connectivity index (χ0v) is 15.0. The smallest absolute Gasteiger partial charge is 0.172 e. The lowest BCUT2D eigenvalue weighted by Gasteiger charge is -2.31. The highest BCUT2D eigenvalue weighted by Gasteiger charge is 2.23. The van der Waals surface area contributed by atoms with E-state index in [1.54, 1.807) is 6.20 Å². The first kappa shape index (κ1) is 16.5. The summed E-state index contributed by atoms with van der Waals surface area (Å²) in [6.07, 6.45) is 3.63. The second-order valence-electron chi connectivity index (χ2n) is 5.99. The molecule has 26 heavy (non-hydrogen) atoms. The molecule has 1 atom stereocenters. The van der Waals surface area contributed by atoms with Gasteiger partial charge in [-0.1, -0.05) is 48.0 Å². The molecule has 0 amide bonds. The van der Waals surface area contributed by atoms with Crippen LogP contribution in [0.4, 0.5) is 11.5 Å². The Morgan fingerprint density at radius 2 is 1.54 bits per heavy atom. The molecule has 2 aromatic carbocycles. The number of anilines is 2. The molecule has 4 nitrogen and oxygen atoms in total. The molecule has 0 bridgehead atoms. The molecule has 0 aliphatic carbocycles. The molecule has 0 spiro atoms. The van der Waals surface area contributed by atoms with E-state index >= 15 is 0 Å². The van der Waals surface area contributed by atoms with Crippen LogP contribution in [0.5, 0.6) is 0 Å². The largest absolute Gasteiger partial charge is 0.317 e.